The summed E-state index contributed by atoms with van der Waals surface area (Å²) in [6, 6.07) is 6.27. The van der Waals surface area contributed by atoms with Gasteiger partial charge in [0.05, 0.1) is 31.7 Å². The molecule has 0 saturated carbocycles. The fourth-order valence-electron chi connectivity index (χ4n) is 2.69. The molecule has 0 spiro atoms. The van der Waals surface area contributed by atoms with Gasteiger partial charge in [-0.15, -0.1) is 0 Å². The Morgan fingerprint density at radius 3 is 3.00 bits per heavy atom. The van der Waals surface area contributed by atoms with Gasteiger partial charge in [-0.25, -0.2) is 4.39 Å². The van der Waals surface area contributed by atoms with Crippen LogP contribution in [-0.4, -0.2) is 25.5 Å². The van der Waals surface area contributed by atoms with Gasteiger partial charge in [0, 0.05) is 5.92 Å². The van der Waals surface area contributed by atoms with E-state index >= 15 is 0 Å². The zero-order chi connectivity index (χ0) is 13.7. The zero-order valence-corrected chi connectivity index (χ0v) is 11.4. The quantitative estimate of drug-likeness (QED) is 0.849. The van der Waals surface area contributed by atoms with Crippen LogP contribution in [0.25, 0.3) is 0 Å². The first-order valence-corrected chi connectivity index (χ1v) is 7.03. The van der Waals surface area contributed by atoms with E-state index in [1.165, 1.54) is 23.8 Å². The number of nitrogens with one attached hydrogen (secondary N) is 2. The molecule has 0 aromatic heterocycles. The number of rotatable bonds is 4. The summed E-state index contributed by atoms with van der Waals surface area (Å²) in [4.78, 5) is 13.3. The molecule has 1 aliphatic rings. The number of benzene rings is 1. The van der Waals surface area contributed by atoms with Crippen molar-refractivity contribution in [3.05, 3.63) is 30.1 Å². The zero-order valence-electron chi connectivity index (χ0n) is 11.4. The summed E-state index contributed by atoms with van der Waals surface area (Å²) in [6.45, 7) is 5.40. The molecule has 1 heterocycles. The van der Waals surface area contributed by atoms with Gasteiger partial charge in [0.1, 0.15) is 5.82 Å². The number of carbonyl (C=O) groups excluding carboxylic acids is 1. The first-order chi connectivity index (χ1) is 9.15. The second kappa shape index (κ2) is 6.66. The molecule has 2 rings (SSSR count). The molecule has 1 aromatic rings. The van der Waals surface area contributed by atoms with Crippen molar-refractivity contribution in [2.45, 2.75) is 26.2 Å². The smallest absolute Gasteiger partial charge is 0.230 e. The monoisotopic (exact) mass is 265 g/mol. The Kier molecular flexibility index (Phi) is 4.91. The van der Waals surface area contributed by atoms with Gasteiger partial charge in [0.25, 0.3) is 0 Å². The van der Waals surface area contributed by atoms with Crippen molar-refractivity contribution in [2.24, 2.45) is 5.92 Å². The van der Waals surface area contributed by atoms with Crippen molar-refractivity contribution in [2.75, 3.05) is 25.0 Å². The molecule has 2 N–H and O–H groups in total. The van der Waals surface area contributed by atoms with Crippen LogP contribution in [0, 0.1) is 11.7 Å². The first-order valence-electron chi connectivity index (χ1n) is 7.03. The van der Waals surface area contributed by atoms with Gasteiger partial charge in [-0.2, -0.15) is 0 Å². The molecule has 4 heteroatoms. The van der Waals surface area contributed by atoms with E-state index in [4.69, 9.17) is 0 Å². The number of para-hydroxylation sites is 1. The molecular weight excluding hydrogens is 243 g/mol. The summed E-state index contributed by atoms with van der Waals surface area (Å²) < 4.78 is 13.4. The molecule has 19 heavy (non-hydrogen) atoms. The second-order valence-corrected chi connectivity index (χ2v) is 5.48. The third-order valence-electron chi connectivity index (χ3n) is 3.72. The SMILES string of the molecule is C[C@@H]1CCC[NH+](CCC(=O)Nc2ccccc2F)C1. The summed E-state index contributed by atoms with van der Waals surface area (Å²) in [5, 5.41) is 2.63. The largest absolute Gasteiger partial charge is 0.334 e. The van der Waals surface area contributed by atoms with Crippen LogP contribution in [0.4, 0.5) is 10.1 Å². The minimum atomic E-state index is -0.380. The standard InChI is InChI=1S/C15H21FN2O/c1-12-5-4-9-18(11-12)10-8-15(19)17-14-7-3-2-6-13(14)16/h2-3,6-7,12H,4-5,8-11H2,1H3,(H,17,19)/p+1/t12-/m1/s1. The Labute approximate surface area is 113 Å². The van der Waals surface area contributed by atoms with Crippen LogP contribution >= 0.6 is 0 Å². The highest BCUT2D eigenvalue weighted by Gasteiger charge is 2.20. The van der Waals surface area contributed by atoms with Crippen molar-refractivity contribution in [1.29, 1.82) is 0 Å². The second-order valence-electron chi connectivity index (χ2n) is 5.48. The highest BCUT2D eigenvalue weighted by molar-refractivity contribution is 5.90. The van der Waals surface area contributed by atoms with Gasteiger partial charge in [0.15, 0.2) is 0 Å². The fraction of sp³-hybridized carbons (Fsp3) is 0.533. The van der Waals surface area contributed by atoms with Crippen LogP contribution < -0.4 is 10.2 Å². The van der Waals surface area contributed by atoms with E-state index in [0.29, 0.717) is 6.42 Å². The Morgan fingerprint density at radius 1 is 1.47 bits per heavy atom. The Balaban J connectivity index is 1.77. The first kappa shape index (κ1) is 14.0. The molecule has 2 atom stereocenters. The van der Waals surface area contributed by atoms with Gasteiger partial charge >= 0.3 is 0 Å². The van der Waals surface area contributed by atoms with E-state index in [1.807, 2.05) is 0 Å². The minimum absolute atomic E-state index is 0.101. The van der Waals surface area contributed by atoms with Crippen molar-refractivity contribution >= 4 is 11.6 Å². The third kappa shape index (κ3) is 4.31. The van der Waals surface area contributed by atoms with Crippen molar-refractivity contribution in [3.8, 4) is 0 Å². The van der Waals surface area contributed by atoms with Gasteiger partial charge < -0.3 is 10.2 Å². The lowest BCUT2D eigenvalue weighted by Crippen LogP contribution is -3.13. The highest BCUT2D eigenvalue weighted by Crippen LogP contribution is 2.12. The molecule has 1 saturated heterocycles. The minimum Gasteiger partial charge on any atom is -0.334 e. The van der Waals surface area contributed by atoms with Gasteiger partial charge in [0.2, 0.25) is 5.91 Å². The van der Waals surface area contributed by atoms with E-state index < -0.39 is 0 Å². The van der Waals surface area contributed by atoms with E-state index in [1.54, 1.807) is 18.2 Å². The average Bonchev–Trinajstić information content (AvgIpc) is 2.39. The van der Waals surface area contributed by atoms with Crippen LogP contribution in [-0.2, 0) is 4.79 Å². The lowest BCUT2D eigenvalue weighted by molar-refractivity contribution is -0.907. The maximum Gasteiger partial charge on any atom is 0.230 e. The molecule has 1 unspecified atom stereocenters. The lowest BCUT2D eigenvalue weighted by Gasteiger charge is -2.27. The average molecular weight is 265 g/mol. The van der Waals surface area contributed by atoms with E-state index in [-0.39, 0.29) is 17.4 Å². The molecule has 0 aliphatic carbocycles. The topological polar surface area (TPSA) is 33.5 Å². The number of quaternary nitrogens is 1. The molecular formula is C15H22FN2O+. The number of anilines is 1. The van der Waals surface area contributed by atoms with Crippen LogP contribution in [0.2, 0.25) is 0 Å². The summed E-state index contributed by atoms with van der Waals surface area (Å²) in [7, 11) is 0. The molecule has 0 bridgehead atoms. The van der Waals surface area contributed by atoms with E-state index in [2.05, 4.69) is 12.2 Å². The Bertz CT molecular complexity index is 436. The summed E-state index contributed by atoms with van der Waals surface area (Å²) in [5.74, 6) is 0.268. The van der Waals surface area contributed by atoms with E-state index in [0.717, 1.165) is 25.6 Å². The molecule has 1 fully saturated rings. The summed E-state index contributed by atoms with van der Waals surface area (Å²) >= 11 is 0. The fourth-order valence-corrected chi connectivity index (χ4v) is 2.69. The lowest BCUT2D eigenvalue weighted by atomic mass is 10.0. The predicted octanol–water partition coefficient (Wildman–Crippen LogP) is 1.47. The van der Waals surface area contributed by atoms with Crippen molar-refractivity contribution in [3.63, 3.8) is 0 Å². The number of hydrogen-bond acceptors (Lipinski definition) is 1. The predicted molar refractivity (Wildman–Crippen MR) is 73.6 cm³/mol. The number of piperidine rings is 1. The van der Waals surface area contributed by atoms with Crippen molar-refractivity contribution < 1.29 is 14.1 Å². The summed E-state index contributed by atoms with van der Waals surface area (Å²) in [5.41, 5.74) is 0.273. The maximum atomic E-state index is 13.4. The van der Waals surface area contributed by atoms with Gasteiger partial charge in [-0.3, -0.25) is 4.79 Å². The van der Waals surface area contributed by atoms with Crippen LogP contribution in [0.15, 0.2) is 24.3 Å². The number of hydrogen-bond donors (Lipinski definition) is 2. The molecule has 3 nitrogen and oxygen atoms in total. The van der Waals surface area contributed by atoms with Crippen LogP contribution in [0.1, 0.15) is 26.2 Å². The van der Waals surface area contributed by atoms with E-state index in [9.17, 15) is 9.18 Å². The Morgan fingerprint density at radius 2 is 2.26 bits per heavy atom. The van der Waals surface area contributed by atoms with Gasteiger partial charge in [-0.05, 0) is 25.0 Å². The van der Waals surface area contributed by atoms with Crippen molar-refractivity contribution in [1.82, 2.24) is 0 Å². The number of carbonyl (C=O) groups is 1. The maximum absolute atomic E-state index is 13.4. The molecule has 0 radical (unpaired) electrons. The highest BCUT2D eigenvalue weighted by atomic mass is 19.1. The molecule has 1 amide bonds. The number of likely N-dealkylation sites (tertiary alicyclic amines) is 1. The summed E-state index contributed by atoms with van der Waals surface area (Å²) in [6.07, 6.45) is 2.99. The van der Waals surface area contributed by atoms with Gasteiger partial charge in [-0.1, -0.05) is 19.1 Å². The van der Waals surface area contributed by atoms with Crippen LogP contribution in [0.3, 0.4) is 0 Å². The molecule has 1 aliphatic heterocycles. The van der Waals surface area contributed by atoms with Crippen LogP contribution in [0.5, 0.6) is 0 Å². The normalized spacial score (nSPS) is 23.1. The molecule has 1 aromatic carbocycles. The number of amides is 1. The molecule has 104 valence electrons. The Hall–Kier alpha value is -1.42. The third-order valence-corrected chi connectivity index (χ3v) is 3.72. The number of halogens is 1.